The summed E-state index contributed by atoms with van der Waals surface area (Å²) in [5, 5.41) is 7.37. The highest BCUT2D eigenvalue weighted by molar-refractivity contribution is 5.85. The first kappa shape index (κ1) is 19.9. The summed E-state index contributed by atoms with van der Waals surface area (Å²) in [5.41, 5.74) is 0.432. The Morgan fingerprint density at radius 2 is 1.85 bits per heavy atom. The Morgan fingerprint density at radius 3 is 2.52 bits per heavy atom. The van der Waals surface area contributed by atoms with Crippen molar-refractivity contribution >= 4 is 12.4 Å². The SMILES string of the molecule is Cl.FC(F)(F)Oc1ccc(-c2nc(C3COC4(CCNCC4)C3)no2)cc1. The van der Waals surface area contributed by atoms with E-state index in [1.807, 2.05) is 0 Å². The first-order valence-electron chi connectivity index (χ1n) is 8.47. The number of ether oxygens (including phenoxy) is 2. The third kappa shape index (κ3) is 4.53. The number of hydrogen-bond acceptors (Lipinski definition) is 6. The summed E-state index contributed by atoms with van der Waals surface area (Å²) >= 11 is 0. The number of hydrogen-bond donors (Lipinski definition) is 1. The zero-order valence-electron chi connectivity index (χ0n) is 14.3. The molecule has 0 bridgehead atoms. The number of aromatic nitrogens is 2. The molecular formula is C17H19ClF3N3O3. The minimum atomic E-state index is -4.72. The lowest BCUT2D eigenvalue weighted by atomic mass is 9.86. The van der Waals surface area contributed by atoms with Gasteiger partial charge < -0.3 is 19.3 Å². The molecule has 2 aromatic rings. The minimum absolute atomic E-state index is 0. The maximum atomic E-state index is 12.2. The summed E-state index contributed by atoms with van der Waals surface area (Å²) in [6, 6.07) is 5.35. The number of halogens is 4. The van der Waals surface area contributed by atoms with E-state index in [4.69, 9.17) is 9.26 Å². The highest BCUT2D eigenvalue weighted by Crippen LogP contribution is 2.41. The molecule has 1 spiro atoms. The summed E-state index contributed by atoms with van der Waals surface area (Å²) < 4.78 is 51.8. The van der Waals surface area contributed by atoms with E-state index in [2.05, 4.69) is 20.2 Å². The van der Waals surface area contributed by atoms with Crippen LogP contribution < -0.4 is 10.1 Å². The second-order valence-corrected chi connectivity index (χ2v) is 6.67. The molecular weight excluding hydrogens is 387 g/mol. The molecule has 27 heavy (non-hydrogen) atoms. The van der Waals surface area contributed by atoms with Gasteiger partial charge in [0, 0.05) is 11.5 Å². The lowest BCUT2D eigenvalue weighted by Crippen LogP contribution is -2.41. The molecule has 0 saturated carbocycles. The van der Waals surface area contributed by atoms with E-state index >= 15 is 0 Å². The molecule has 2 aliphatic heterocycles. The highest BCUT2D eigenvalue weighted by atomic mass is 35.5. The van der Waals surface area contributed by atoms with Crippen LogP contribution in [0.5, 0.6) is 5.75 Å². The van der Waals surface area contributed by atoms with Gasteiger partial charge in [0.05, 0.1) is 12.2 Å². The Bertz CT molecular complexity index is 761. The van der Waals surface area contributed by atoms with Crippen molar-refractivity contribution in [3.63, 3.8) is 0 Å². The molecule has 1 atom stereocenters. The van der Waals surface area contributed by atoms with Crippen LogP contribution in [0.3, 0.4) is 0 Å². The summed E-state index contributed by atoms with van der Waals surface area (Å²) in [5.74, 6) is 0.618. The van der Waals surface area contributed by atoms with Gasteiger partial charge in [-0.15, -0.1) is 25.6 Å². The van der Waals surface area contributed by atoms with E-state index in [0.29, 0.717) is 18.0 Å². The van der Waals surface area contributed by atoms with E-state index in [-0.39, 0.29) is 35.6 Å². The lowest BCUT2D eigenvalue weighted by molar-refractivity contribution is -0.274. The summed E-state index contributed by atoms with van der Waals surface area (Å²) in [7, 11) is 0. The number of benzene rings is 1. The topological polar surface area (TPSA) is 69.4 Å². The summed E-state index contributed by atoms with van der Waals surface area (Å²) in [6.45, 7) is 2.43. The van der Waals surface area contributed by atoms with Gasteiger partial charge in [0.2, 0.25) is 0 Å². The van der Waals surface area contributed by atoms with Crippen molar-refractivity contribution in [1.82, 2.24) is 15.5 Å². The van der Waals surface area contributed by atoms with Crippen molar-refractivity contribution in [3.05, 3.63) is 30.1 Å². The molecule has 2 aliphatic rings. The number of nitrogens with zero attached hydrogens (tertiary/aromatic N) is 2. The average molecular weight is 406 g/mol. The molecule has 0 aliphatic carbocycles. The van der Waals surface area contributed by atoms with Crippen LogP contribution >= 0.6 is 12.4 Å². The molecule has 1 N–H and O–H groups in total. The molecule has 2 fully saturated rings. The average Bonchev–Trinajstić information content (AvgIpc) is 3.23. The number of piperidine rings is 1. The van der Waals surface area contributed by atoms with Crippen molar-refractivity contribution in [2.24, 2.45) is 0 Å². The first-order chi connectivity index (χ1) is 12.4. The van der Waals surface area contributed by atoms with Crippen molar-refractivity contribution in [2.75, 3.05) is 19.7 Å². The second kappa shape index (κ2) is 7.65. The van der Waals surface area contributed by atoms with Gasteiger partial charge >= 0.3 is 6.36 Å². The van der Waals surface area contributed by atoms with Crippen LogP contribution in [0.15, 0.2) is 28.8 Å². The molecule has 10 heteroatoms. The van der Waals surface area contributed by atoms with Crippen LogP contribution in [0.2, 0.25) is 0 Å². The fourth-order valence-electron chi connectivity index (χ4n) is 3.56. The van der Waals surface area contributed by atoms with Crippen molar-refractivity contribution < 1.29 is 27.2 Å². The van der Waals surface area contributed by atoms with E-state index in [1.54, 1.807) is 0 Å². The standard InChI is InChI=1S/C17H18F3N3O3.ClH/c18-17(19,20)25-13-3-1-11(2-4-13)15-22-14(23-26-15)12-9-16(24-10-12)5-7-21-8-6-16;/h1-4,12,21H,5-10H2;1H. The molecule has 4 rings (SSSR count). The van der Waals surface area contributed by atoms with Crippen LogP contribution in [-0.4, -0.2) is 41.8 Å². The lowest BCUT2D eigenvalue weighted by Gasteiger charge is -2.32. The monoisotopic (exact) mass is 405 g/mol. The van der Waals surface area contributed by atoms with Crippen LogP contribution in [0.4, 0.5) is 13.2 Å². The van der Waals surface area contributed by atoms with Gasteiger partial charge in [0.25, 0.3) is 5.89 Å². The quantitative estimate of drug-likeness (QED) is 0.840. The third-order valence-electron chi connectivity index (χ3n) is 4.87. The Morgan fingerprint density at radius 1 is 1.15 bits per heavy atom. The minimum Gasteiger partial charge on any atom is -0.406 e. The molecule has 0 amide bonds. The number of rotatable bonds is 3. The molecule has 1 unspecified atom stereocenters. The van der Waals surface area contributed by atoms with E-state index in [0.717, 1.165) is 32.4 Å². The van der Waals surface area contributed by atoms with Crippen molar-refractivity contribution in [1.29, 1.82) is 0 Å². The zero-order valence-corrected chi connectivity index (χ0v) is 15.1. The third-order valence-corrected chi connectivity index (χ3v) is 4.87. The summed E-state index contributed by atoms with van der Waals surface area (Å²) in [6.07, 6.45) is -1.93. The fourth-order valence-corrected chi connectivity index (χ4v) is 3.56. The largest absolute Gasteiger partial charge is 0.573 e. The Hall–Kier alpha value is -1.84. The van der Waals surface area contributed by atoms with Crippen molar-refractivity contribution in [2.45, 2.75) is 37.1 Å². The number of nitrogens with one attached hydrogen (secondary N) is 1. The molecule has 2 saturated heterocycles. The predicted molar refractivity (Wildman–Crippen MR) is 91.8 cm³/mol. The van der Waals surface area contributed by atoms with Gasteiger partial charge in [-0.25, -0.2) is 0 Å². The predicted octanol–water partition coefficient (Wildman–Crippen LogP) is 3.68. The van der Waals surface area contributed by atoms with E-state index < -0.39 is 6.36 Å². The van der Waals surface area contributed by atoms with Crippen LogP contribution in [0, 0.1) is 0 Å². The summed E-state index contributed by atoms with van der Waals surface area (Å²) in [4.78, 5) is 4.41. The molecule has 6 nitrogen and oxygen atoms in total. The van der Waals surface area contributed by atoms with Gasteiger partial charge in [-0.3, -0.25) is 0 Å². The van der Waals surface area contributed by atoms with Gasteiger partial charge in [-0.1, -0.05) is 5.16 Å². The normalized spacial score (nSPS) is 21.8. The van der Waals surface area contributed by atoms with Gasteiger partial charge in [-0.2, -0.15) is 4.98 Å². The molecule has 148 valence electrons. The van der Waals surface area contributed by atoms with Gasteiger partial charge in [0.1, 0.15) is 5.75 Å². The zero-order chi connectivity index (χ0) is 18.2. The van der Waals surface area contributed by atoms with Crippen LogP contribution in [-0.2, 0) is 4.74 Å². The molecule has 0 radical (unpaired) electrons. The highest BCUT2D eigenvalue weighted by Gasteiger charge is 2.43. The molecule has 1 aromatic heterocycles. The molecule has 3 heterocycles. The second-order valence-electron chi connectivity index (χ2n) is 6.67. The van der Waals surface area contributed by atoms with E-state index in [9.17, 15) is 13.2 Å². The van der Waals surface area contributed by atoms with Crippen LogP contribution in [0.25, 0.3) is 11.5 Å². The van der Waals surface area contributed by atoms with Crippen molar-refractivity contribution in [3.8, 4) is 17.2 Å². The van der Waals surface area contributed by atoms with Crippen LogP contribution in [0.1, 0.15) is 31.0 Å². The fraction of sp³-hybridized carbons (Fsp3) is 0.529. The smallest absolute Gasteiger partial charge is 0.406 e. The van der Waals surface area contributed by atoms with Gasteiger partial charge in [-0.05, 0) is 56.6 Å². The van der Waals surface area contributed by atoms with E-state index in [1.165, 1.54) is 24.3 Å². The molecule has 1 aromatic carbocycles. The Balaban J connectivity index is 0.00000210. The number of alkyl halides is 3. The van der Waals surface area contributed by atoms with Gasteiger partial charge in [0.15, 0.2) is 5.82 Å². The first-order valence-corrected chi connectivity index (χ1v) is 8.47. The Kier molecular flexibility index (Phi) is 5.64. The maximum absolute atomic E-state index is 12.2. The Labute approximate surface area is 159 Å². The maximum Gasteiger partial charge on any atom is 0.573 e.